The third kappa shape index (κ3) is 4.67. The van der Waals surface area contributed by atoms with Gasteiger partial charge in [-0.05, 0) is 46.9 Å². The first kappa shape index (κ1) is 18.1. The second kappa shape index (κ2) is 8.10. The van der Waals surface area contributed by atoms with Crippen LogP contribution in [0.2, 0.25) is 0 Å². The average molecular weight is 405 g/mol. The smallest absolute Gasteiger partial charge is 0.134 e. The fraction of sp³-hybridized carbons (Fsp3) is 0.500. The summed E-state index contributed by atoms with van der Waals surface area (Å²) in [6, 6.07) is 4.66. The zero-order chi connectivity index (χ0) is 17.8. The highest BCUT2D eigenvalue weighted by Crippen LogP contribution is 2.23. The number of halogens is 1. The predicted octanol–water partition coefficient (Wildman–Crippen LogP) is 2.80. The fourth-order valence-electron chi connectivity index (χ4n) is 3.25. The molecule has 2 aromatic heterocycles. The molecule has 1 unspecified atom stereocenters. The van der Waals surface area contributed by atoms with Crippen LogP contribution in [-0.2, 0) is 6.54 Å². The van der Waals surface area contributed by atoms with Crippen molar-refractivity contribution < 1.29 is 0 Å². The van der Waals surface area contributed by atoms with Crippen LogP contribution in [0.1, 0.15) is 18.4 Å². The van der Waals surface area contributed by atoms with Gasteiger partial charge < -0.3 is 9.80 Å². The molecule has 6 nitrogen and oxygen atoms in total. The lowest BCUT2D eigenvalue weighted by atomic mass is 10.0. The molecule has 3 rings (SSSR count). The lowest BCUT2D eigenvalue weighted by molar-refractivity contribution is 0.198. The van der Waals surface area contributed by atoms with Crippen molar-refractivity contribution in [1.29, 1.82) is 0 Å². The number of likely N-dealkylation sites (tertiary alicyclic amines) is 1. The van der Waals surface area contributed by atoms with Crippen molar-refractivity contribution in [3.05, 3.63) is 40.9 Å². The van der Waals surface area contributed by atoms with E-state index in [4.69, 9.17) is 0 Å². The Labute approximate surface area is 158 Å². The van der Waals surface area contributed by atoms with Gasteiger partial charge in [0.2, 0.25) is 0 Å². The van der Waals surface area contributed by atoms with Crippen molar-refractivity contribution in [3.8, 4) is 0 Å². The third-order valence-electron chi connectivity index (χ3n) is 4.65. The summed E-state index contributed by atoms with van der Waals surface area (Å²) in [7, 11) is 6.14. The molecule has 0 radical (unpaired) electrons. The van der Waals surface area contributed by atoms with Crippen LogP contribution in [0.25, 0.3) is 0 Å². The molecule has 3 heterocycles. The summed E-state index contributed by atoms with van der Waals surface area (Å²) in [5, 5.41) is 0. The molecule has 1 aliphatic rings. The Morgan fingerprint density at radius 3 is 2.72 bits per heavy atom. The first-order valence-electron chi connectivity index (χ1n) is 8.57. The molecule has 0 spiro atoms. The number of hydrogen-bond acceptors (Lipinski definition) is 6. The molecule has 0 amide bonds. The topological polar surface area (TPSA) is 48.4 Å². The standard InChI is InChI=1S/C18H25BrN6/c1-23(2)17-8-18(22-13-21-17)24(3)16-5-4-6-25(12-16)11-14-7-15(19)10-20-9-14/h7-10,13,16H,4-6,11-12H2,1-3H3. The summed E-state index contributed by atoms with van der Waals surface area (Å²) >= 11 is 3.50. The van der Waals surface area contributed by atoms with Crippen LogP contribution in [0.4, 0.5) is 11.6 Å². The van der Waals surface area contributed by atoms with Gasteiger partial charge in [-0.1, -0.05) is 0 Å². The van der Waals surface area contributed by atoms with Crippen LogP contribution in [0.15, 0.2) is 35.3 Å². The molecule has 1 atom stereocenters. The van der Waals surface area contributed by atoms with Gasteiger partial charge in [-0.2, -0.15) is 0 Å². The molecule has 1 fully saturated rings. The van der Waals surface area contributed by atoms with E-state index in [9.17, 15) is 0 Å². The normalized spacial score (nSPS) is 18.2. The summed E-state index contributed by atoms with van der Waals surface area (Å²) in [6.45, 7) is 3.09. The van der Waals surface area contributed by atoms with Crippen LogP contribution < -0.4 is 9.80 Å². The third-order valence-corrected chi connectivity index (χ3v) is 5.09. The minimum atomic E-state index is 0.457. The maximum Gasteiger partial charge on any atom is 0.134 e. The second-order valence-electron chi connectivity index (χ2n) is 6.78. The molecule has 0 aromatic carbocycles. The van der Waals surface area contributed by atoms with E-state index in [1.54, 1.807) is 6.33 Å². The molecule has 0 N–H and O–H groups in total. The molecule has 7 heteroatoms. The van der Waals surface area contributed by atoms with Gasteiger partial charge in [-0.25, -0.2) is 9.97 Å². The molecule has 1 aliphatic heterocycles. The number of aromatic nitrogens is 3. The summed E-state index contributed by atoms with van der Waals surface area (Å²) in [4.78, 5) is 19.9. The number of likely N-dealkylation sites (N-methyl/N-ethyl adjacent to an activating group) is 1. The zero-order valence-corrected chi connectivity index (χ0v) is 16.6. The highest BCUT2D eigenvalue weighted by molar-refractivity contribution is 9.10. The number of piperidine rings is 1. The van der Waals surface area contributed by atoms with E-state index >= 15 is 0 Å². The van der Waals surface area contributed by atoms with Crippen molar-refractivity contribution in [2.75, 3.05) is 44.0 Å². The van der Waals surface area contributed by atoms with E-state index in [-0.39, 0.29) is 0 Å². The highest BCUT2D eigenvalue weighted by Gasteiger charge is 2.24. The lowest BCUT2D eigenvalue weighted by Gasteiger charge is -2.38. The van der Waals surface area contributed by atoms with E-state index < -0.39 is 0 Å². The minimum Gasteiger partial charge on any atom is -0.363 e. The quantitative estimate of drug-likeness (QED) is 0.763. The van der Waals surface area contributed by atoms with E-state index in [0.717, 1.165) is 35.7 Å². The first-order valence-corrected chi connectivity index (χ1v) is 9.36. The van der Waals surface area contributed by atoms with Gasteiger partial charge in [0.1, 0.15) is 18.0 Å². The van der Waals surface area contributed by atoms with Crippen molar-refractivity contribution in [1.82, 2.24) is 19.9 Å². The van der Waals surface area contributed by atoms with Gasteiger partial charge in [0.05, 0.1) is 0 Å². The molecule has 0 aliphatic carbocycles. The van der Waals surface area contributed by atoms with Crippen LogP contribution in [-0.4, -0.2) is 60.1 Å². The maximum atomic E-state index is 4.47. The minimum absolute atomic E-state index is 0.457. The lowest BCUT2D eigenvalue weighted by Crippen LogP contribution is -2.46. The summed E-state index contributed by atoms with van der Waals surface area (Å²) in [6.07, 6.45) is 7.81. The molecular weight excluding hydrogens is 380 g/mol. The Kier molecular flexibility index (Phi) is 5.86. The Bertz CT molecular complexity index is 707. The van der Waals surface area contributed by atoms with E-state index in [2.05, 4.69) is 59.9 Å². The molecule has 1 saturated heterocycles. The Hall–Kier alpha value is -1.73. The van der Waals surface area contributed by atoms with Crippen molar-refractivity contribution in [2.24, 2.45) is 0 Å². The van der Waals surface area contributed by atoms with Crippen molar-refractivity contribution in [2.45, 2.75) is 25.4 Å². The average Bonchev–Trinajstić information content (AvgIpc) is 2.61. The van der Waals surface area contributed by atoms with Gasteiger partial charge in [-0.15, -0.1) is 0 Å². The maximum absolute atomic E-state index is 4.47. The Balaban J connectivity index is 1.67. The SMILES string of the molecule is CN(C)c1cc(N(C)C2CCCN(Cc3cncc(Br)c3)C2)ncn1. The van der Waals surface area contributed by atoms with Gasteiger partial charge in [0.25, 0.3) is 0 Å². The van der Waals surface area contributed by atoms with Gasteiger partial charge in [-0.3, -0.25) is 9.88 Å². The fourth-order valence-corrected chi connectivity index (χ4v) is 3.67. The van der Waals surface area contributed by atoms with Gasteiger partial charge in [0.15, 0.2) is 0 Å². The van der Waals surface area contributed by atoms with Crippen LogP contribution >= 0.6 is 15.9 Å². The number of rotatable bonds is 5. The Morgan fingerprint density at radius 2 is 1.96 bits per heavy atom. The van der Waals surface area contributed by atoms with E-state index in [1.807, 2.05) is 31.4 Å². The highest BCUT2D eigenvalue weighted by atomic mass is 79.9. The predicted molar refractivity (Wildman–Crippen MR) is 105 cm³/mol. The number of anilines is 2. The molecular formula is C18H25BrN6. The largest absolute Gasteiger partial charge is 0.363 e. The summed E-state index contributed by atoms with van der Waals surface area (Å²) < 4.78 is 1.04. The van der Waals surface area contributed by atoms with Crippen molar-refractivity contribution in [3.63, 3.8) is 0 Å². The molecule has 25 heavy (non-hydrogen) atoms. The first-order chi connectivity index (χ1) is 12.0. The second-order valence-corrected chi connectivity index (χ2v) is 7.70. The van der Waals surface area contributed by atoms with Crippen molar-refractivity contribution >= 4 is 27.6 Å². The van der Waals surface area contributed by atoms with Crippen LogP contribution in [0.5, 0.6) is 0 Å². The van der Waals surface area contributed by atoms with Gasteiger partial charge >= 0.3 is 0 Å². The number of nitrogens with zero attached hydrogens (tertiary/aromatic N) is 6. The molecule has 0 saturated carbocycles. The van der Waals surface area contributed by atoms with E-state index in [0.29, 0.717) is 6.04 Å². The summed E-state index contributed by atoms with van der Waals surface area (Å²) in [5.74, 6) is 1.92. The molecule has 0 bridgehead atoms. The van der Waals surface area contributed by atoms with E-state index in [1.165, 1.54) is 18.4 Å². The summed E-state index contributed by atoms with van der Waals surface area (Å²) in [5.41, 5.74) is 1.25. The van der Waals surface area contributed by atoms with Crippen LogP contribution in [0, 0.1) is 0 Å². The number of hydrogen-bond donors (Lipinski definition) is 0. The van der Waals surface area contributed by atoms with Crippen LogP contribution in [0.3, 0.4) is 0 Å². The Morgan fingerprint density at radius 1 is 1.16 bits per heavy atom. The molecule has 134 valence electrons. The van der Waals surface area contributed by atoms with Gasteiger partial charge in [0, 0.05) is 63.2 Å². The zero-order valence-electron chi connectivity index (χ0n) is 15.1. The molecule has 2 aromatic rings. The monoisotopic (exact) mass is 404 g/mol. The number of pyridine rings is 1.